The number of carbonyl (C=O) groups excluding carboxylic acids is 1. The van der Waals surface area contributed by atoms with Crippen molar-refractivity contribution in [1.82, 2.24) is 5.06 Å². The van der Waals surface area contributed by atoms with Gasteiger partial charge in [-0.25, -0.2) is 0 Å². The van der Waals surface area contributed by atoms with Gasteiger partial charge in [-0.2, -0.15) is 5.06 Å². The van der Waals surface area contributed by atoms with E-state index in [9.17, 15) is 10.0 Å². The fourth-order valence-corrected chi connectivity index (χ4v) is 2.04. The summed E-state index contributed by atoms with van der Waals surface area (Å²) in [6.45, 7) is 9.35. The molecule has 3 nitrogen and oxygen atoms in total. The molecule has 0 fully saturated rings. The van der Waals surface area contributed by atoms with Gasteiger partial charge in [-0.3, -0.25) is 4.79 Å². The Morgan fingerprint density at radius 2 is 1.93 bits per heavy atom. The second kappa shape index (κ2) is 3.17. The predicted molar refractivity (Wildman–Crippen MR) is 55.2 cm³/mol. The lowest BCUT2D eigenvalue weighted by Crippen LogP contribution is -2.48. The van der Waals surface area contributed by atoms with Crippen LogP contribution in [0.3, 0.4) is 0 Å². The maximum absolute atomic E-state index is 11.7. The number of Topliss-reactive ketones (excluding diaryl/α,β-unsaturated/α-hetero) is 1. The van der Waals surface area contributed by atoms with Crippen LogP contribution in [0.1, 0.15) is 41.0 Å². The third-order valence-corrected chi connectivity index (χ3v) is 2.85. The van der Waals surface area contributed by atoms with E-state index in [0.717, 1.165) is 0 Å². The van der Waals surface area contributed by atoms with E-state index in [1.54, 1.807) is 0 Å². The van der Waals surface area contributed by atoms with Crippen molar-refractivity contribution in [2.75, 3.05) is 0 Å². The van der Waals surface area contributed by atoms with Crippen molar-refractivity contribution in [3.8, 4) is 0 Å². The number of hydrogen-bond donors (Lipinski definition) is 1. The highest BCUT2D eigenvalue weighted by Crippen LogP contribution is 2.38. The van der Waals surface area contributed by atoms with E-state index in [4.69, 9.17) is 0 Å². The second-order valence-electron chi connectivity index (χ2n) is 4.86. The first-order valence-corrected chi connectivity index (χ1v) is 4.99. The standard InChI is InChI=1S/C11H19NO2/c1-6-9(13)8-7-10(2,3)12(14)11(8,4)5/h7,14H,6H2,1-5H3. The maximum Gasteiger partial charge on any atom is 0.160 e. The van der Waals surface area contributed by atoms with E-state index < -0.39 is 11.1 Å². The van der Waals surface area contributed by atoms with Crippen LogP contribution < -0.4 is 0 Å². The molecule has 0 saturated carbocycles. The fourth-order valence-electron chi connectivity index (χ4n) is 2.04. The summed E-state index contributed by atoms with van der Waals surface area (Å²) in [5.41, 5.74) is -0.312. The first kappa shape index (κ1) is 11.4. The van der Waals surface area contributed by atoms with Crippen LogP contribution >= 0.6 is 0 Å². The van der Waals surface area contributed by atoms with E-state index >= 15 is 0 Å². The van der Waals surface area contributed by atoms with Gasteiger partial charge >= 0.3 is 0 Å². The first-order chi connectivity index (χ1) is 6.23. The molecular formula is C11H19NO2. The molecule has 0 unspecified atom stereocenters. The van der Waals surface area contributed by atoms with Crippen molar-refractivity contribution < 1.29 is 10.0 Å². The lowest BCUT2D eigenvalue weighted by atomic mass is 9.92. The molecule has 1 heterocycles. The van der Waals surface area contributed by atoms with Gasteiger partial charge in [-0.1, -0.05) is 13.0 Å². The zero-order valence-electron chi connectivity index (χ0n) is 9.59. The summed E-state index contributed by atoms with van der Waals surface area (Å²) in [4.78, 5) is 11.7. The van der Waals surface area contributed by atoms with Crippen molar-refractivity contribution in [1.29, 1.82) is 0 Å². The number of carbonyl (C=O) groups is 1. The molecule has 0 amide bonds. The van der Waals surface area contributed by atoms with Gasteiger partial charge in [0.1, 0.15) is 0 Å². The minimum absolute atomic E-state index is 0.111. The summed E-state index contributed by atoms with van der Waals surface area (Å²) in [5.74, 6) is 0.111. The molecule has 1 aliphatic rings. The molecule has 3 heteroatoms. The highest BCUT2D eigenvalue weighted by molar-refractivity contribution is 5.98. The zero-order chi connectivity index (χ0) is 11.1. The van der Waals surface area contributed by atoms with Crippen LogP contribution in [0, 0.1) is 0 Å². The van der Waals surface area contributed by atoms with Gasteiger partial charge in [-0.15, -0.1) is 0 Å². The van der Waals surface area contributed by atoms with E-state index in [0.29, 0.717) is 12.0 Å². The van der Waals surface area contributed by atoms with Crippen LogP contribution in [0.25, 0.3) is 0 Å². The predicted octanol–water partition coefficient (Wildman–Crippen LogP) is 2.15. The third kappa shape index (κ3) is 1.51. The molecule has 0 atom stereocenters. The molecule has 14 heavy (non-hydrogen) atoms. The lowest BCUT2D eigenvalue weighted by molar-refractivity contribution is -0.185. The van der Waals surface area contributed by atoms with Crippen LogP contribution in [0.15, 0.2) is 11.6 Å². The number of ketones is 1. The normalized spacial score (nSPS) is 24.9. The average molecular weight is 197 g/mol. The molecule has 0 aromatic heterocycles. The van der Waals surface area contributed by atoms with Crippen molar-refractivity contribution in [3.63, 3.8) is 0 Å². The van der Waals surface area contributed by atoms with Gasteiger partial charge in [0, 0.05) is 12.0 Å². The Morgan fingerprint density at radius 3 is 2.21 bits per heavy atom. The lowest BCUT2D eigenvalue weighted by Gasteiger charge is -2.35. The highest BCUT2D eigenvalue weighted by atomic mass is 16.5. The molecule has 1 aliphatic heterocycles. The molecule has 1 rings (SSSR count). The summed E-state index contributed by atoms with van der Waals surface area (Å²) in [6, 6.07) is 0. The zero-order valence-corrected chi connectivity index (χ0v) is 9.59. The highest BCUT2D eigenvalue weighted by Gasteiger charge is 2.46. The maximum atomic E-state index is 11.7. The van der Waals surface area contributed by atoms with Crippen LogP contribution in [-0.4, -0.2) is 27.1 Å². The minimum Gasteiger partial charge on any atom is -0.312 e. The molecule has 0 aliphatic carbocycles. The Bertz CT molecular complexity index is 290. The summed E-state index contributed by atoms with van der Waals surface area (Å²) in [7, 11) is 0. The molecule has 0 spiro atoms. The van der Waals surface area contributed by atoms with Crippen molar-refractivity contribution in [2.45, 2.75) is 52.1 Å². The SMILES string of the molecule is CCC(=O)C1=CC(C)(C)N(O)C1(C)C. The van der Waals surface area contributed by atoms with E-state index in [1.165, 1.54) is 5.06 Å². The Hall–Kier alpha value is -0.670. The quantitative estimate of drug-likeness (QED) is 0.737. The summed E-state index contributed by atoms with van der Waals surface area (Å²) >= 11 is 0. The van der Waals surface area contributed by atoms with Gasteiger partial charge < -0.3 is 5.21 Å². The Kier molecular flexibility index (Phi) is 2.59. The topological polar surface area (TPSA) is 40.5 Å². The van der Waals surface area contributed by atoms with E-state index in [-0.39, 0.29) is 5.78 Å². The molecule has 0 bridgehead atoms. The number of hydroxylamine groups is 2. The molecule has 80 valence electrons. The summed E-state index contributed by atoms with van der Waals surface area (Å²) in [6.07, 6.45) is 2.35. The Balaban J connectivity index is 3.13. The molecule has 1 N–H and O–H groups in total. The van der Waals surface area contributed by atoms with E-state index in [2.05, 4.69) is 0 Å². The summed E-state index contributed by atoms with van der Waals surface area (Å²) < 4.78 is 0. The van der Waals surface area contributed by atoms with Crippen molar-refractivity contribution in [2.24, 2.45) is 0 Å². The largest absolute Gasteiger partial charge is 0.312 e. The van der Waals surface area contributed by atoms with Gasteiger partial charge in [0.05, 0.1) is 11.1 Å². The van der Waals surface area contributed by atoms with Crippen LogP contribution in [0.2, 0.25) is 0 Å². The smallest absolute Gasteiger partial charge is 0.160 e. The molecule has 0 radical (unpaired) electrons. The number of hydrogen-bond acceptors (Lipinski definition) is 3. The molecular weight excluding hydrogens is 178 g/mol. The first-order valence-electron chi connectivity index (χ1n) is 4.99. The molecule has 0 aromatic carbocycles. The van der Waals surface area contributed by atoms with Crippen LogP contribution in [-0.2, 0) is 4.79 Å². The Labute approximate surface area is 85.4 Å². The van der Waals surface area contributed by atoms with Gasteiger partial charge in [0.15, 0.2) is 5.78 Å². The van der Waals surface area contributed by atoms with Gasteiger partial charge in [-0.05, 0) is 27.7 Å². The van der Waals surface area contributed by atoms with Gasteiger partial charge in [0.2, 0.25) is 0 Å². The summed E-state index contributed by atoms with van der Waals surface area (Å²) in [5, 5.41) is 11.2. The Morgan fingerprint density at radius 1 is 1.43 bits per heavy atom. The molecule has 0 saturated heterocycles. The number of nitrogens with zero attached hydrogens (tertiary/aromatic N) is 1. The third-order valence-electron chi connectivity index (χ3n) is 2.85. The van der Waals surface area contributed by atoms with Gasteiger partial charge in [0.25, 0.3) is 0 Å². The average Bonchev–Trinajstić information content (AvgIpc) is 2.25. The second-order valence-corrected chi connectivity index (χ2v) is 4.86. The van der Waals surface area contributed by atoms with Crippen LogP contribution in [0.5, 0.6) is 0 Å². The molecule has 0 aromatic rings. The number of rotatable bonds is 2. The van der Waals surface area contributed by atoms with E-state index in [1.807, 2.05) is 40.7 Å². The minimum atomic E-state index is -0.573. The van der Waals surface area contributed by atoms with Crippen molar-refractivity contribution >= 4 is 5.78 Å². The van der Waals surface area contributed by atoms with Crippen LogP contribution in [0.4, 0.5) is 0 Å². The monoisotopic (exact) mass is 197 g/mol. The van der Waals surface area contributed by atoms with Crippen molar-refractivity contribution in [3.05, 3.63) is 11.6 Å². The fraction of sp³-hybridized carbons (Fsp3) is 0.727.